The zero-order chi connectivity index (χ0) is 17.8. The van der Waals surface area contributed by atoms with Crippen LogP contribution in [0.25, 0.3) is 0 Å². The Labute approximate surface area is 144 Å². The summed E-state index contributed by atoms with van der Waals surface area (Å²) in [6, 6.07) is 3.68. The highest BCUT2D eigenvalue weighted by Crippen LogP contribution is 2.13. The molecule has 1 heterocycles. The highest BCUT2D eigenvalue weighted by atomic mass is 16.5. The molecule has 0 aliphatic rings. The summed E-state index contributed by atoms with van der Waals surface area (Å²) in [5, 5.41) is 2.83. The van der Waals surface area contributed by atoms with Crippen LogP contribution in [0.2, 0.25) is 0 Å². The molecule has 0 aliphatic heterocycles. The van der Waals surface area contributed by atoms with Crippen LogP contribution in [0.3, 0.4) is 0 Å². The quantitative estimate of drug-likeness (QED) is 0.674. The molecule has 0 aliphatic carbocycles. The topological polar surface area (TPSA) is 71.5 Å². The number of hydrogen-bond donors (Lipinski definition) is 1. The van der Waals surface area contributed by atoms with Crippen LogP contribution in [0.1, 0.15) is 52.0 Å². The van der Waals surface area contributed by atoms with E-state index in [0.717, 1.165) is 31.5 Å². The smallest absolute Gasteiger partial charge is 0.223 e. The Bertz CT molecular complexity index is 514. The fourth-order valence-corrected chi connectivity index (χ4v) is 2.39. The lowest BCUT2D eigenvalue weighted by Crippen LogP contribution is -2.33. The molecule has 0 fully saturated rings. The highest BCUT2D eigenvalue weighted by molar-refractivity contribution is 5.83. The standard InChI is InChI=1S/C18H29N3O3/c1-4-12-21(13-5-2)17(23)10-9-16(22)20-14-15-8-7-11-19-18(15)24-6-3/h7-8,11H,4-6,9-10,12-14H2,1-3H3,(H,20,22). The number of pyridine rings is 1. The van der Waals surface area contributed by atoms with E-state index in [1.54, 1.807) is 12.3 Å². The largest absolute Gasteiger partial charge is 0.478 e. The van der Waals surface area contributed by atoms with E-state index < -0.39 is 0 Å². The van der Waals surface area contributed by atoms with E-state index in [0.29, 0.717) is 19.0 Å². The van der Waals surface area contributed by atoms with Crippen LogP contribution >= 0.6 is 0 Å². The molecular formula is C18H29N3O3. The second kappa shape index (κ2) is 11.4. The third-order valence-corrected chi connectivity index (χ3v) is 3.51. The molecule has 1 aromatic heterocycles. The molecule has 1 aromatic rings. The number of rotatable bonds is 11. The number of amides is 2. The summed E-state index contributed by atoms with van der Waals surface area (Å²) >= 11 is 0. The number of nitrogens with zero attached hydrogens (tertiary/aromatic N) is 2. The summed E-state index contributed by atoms with van der Waals surface area (Å²) in [6.07, 6.45) is 3.97. The fraction of sp³-hybridized carbons (Fsp3) is 0.611. The minimum atomic E-state index is -0.136. The lowest BCUT2D eigenvalue weighted by molar-refractivity contribution is -0.133. The van der Waals surface area contributed by atoms with Gasteiger partial charge in [0.05, 0.1) is 6.61 Å². The lowest BCUT2D eigenvalue weighted by Gasteiger charge is -2.21. The zero-order valence-corrected chi connectivity index (χ0v) is 15.0. The molecule has 0 spiro atoms. The lowest BCUT2D eigenvalue weighted by atomic mass is 10.2. The van der Waals surface area contributed by atoms with Crippen LogP contribution in [-0.4, -0.2) is 41.4 Å². The van der Waals surface area contributed by atoms with Gasteiger partial charge in [0.2, 0.25) is 17.7 Å². The Hall–Kier alpha value is -2.11. The molecule has 1 rings (SSSR count). The Morgan fingerprint density at radius 3 is 2.50 bits per heavy atom. The van der Waals surface area contributed by atoms with Gasteiger partial charge in [-0.2, -0.15) is 0 Å². The van der Waals surface area contributed by atoms with Gasteiger partial charge in [0.15, 0.2) is 0 Å². The number of hydrogen-bond acceptors (Lipinski definition) is 4. The van der Waals surface area contributed by atoms with Gasteiger partial charge in [-0.1, -0.05) is 19.9 Å². The molecule has 0 bridgehead atoms. The van der Waals surface area contributed by atoms with Crippen molar-refractivity contribution >= 4 is 11.8 Å². The third-order valence-electron chi connectivity index (χ3n) is 3.51. The minimum Gasteiger partial charge on any atom is -0.478 e. The SMILES string of the molecule is CCCN(CCC)C(=O)CCC(=O)NCc1cccnc1OCC. The van der Waals surface area contributed by atoms with Crippen LogP contribution in [0.15, 0.2) is 18.3 Å². The molecule has 24 heavy (non-hydrogen) atoms. The zero-order valence-electron chi connectivity index (χ0n) is 15.0. The first kappa shape index (κ1) is 19.9. The van der Waals surface area contributed by atoms with Crippen LogP contribution in [0.5, 0.6) is 5.88 Å². The van der Waals surface area contributed by atoms with Gasteiger partial charge in [-0.05, 0) is 25.8 Å². The Morgan fingerprint density at radius 1 is 1.17 bits per heavy atom. The predicted molar refractivity (Wildman–Crippen MR) is 93.6 cm³/mol. The van der Waals surface area contributed by atoms with E-state index in [-0.39, 0.29) is 24.7 Å². The van der Waals surface area contributed by atoms with Crippen molar-refractivity contribution in [2.45, 2.75) is 53.0 Å². The molecule has 2 amide bonds. The average Bonchev–Trinajstić information content (AvgIpc) is 2.59. The van der Waals surface area contributed by atoms with E-state index in [4.69, 9.17) is 4.74 Å². The Balaban J connectivity index is 2.42. The van der Waals surface area contributed by atoms with Gasteiger partial charge in [-0.3, -0.25) is 9.59 Å². The summed E-state index contributed by atoms with van der Waals surface area (Å²) < 4.78 is 5.43. The van der Waals surface area contributed by atoms with Gasteiger partial charge in [0, 0.05) is 44.2 Å². The van der Waals surface area contributed by atoms with Crippen LogP contribution < -0.4 is 10.1 Å². The molecule has 134 valence electrons. The summed E-state index contributed by atoms with van der Waals surface area (Å²) in [5.74, 6) is 0.446. The molecule has 6 nitrogen and oxygen atoms in total. The predicted octanol–water partition coefficient (Wildman–Crippen LogP) is 2.53. The molecule has 0 unspecified atom stereocenters. The van der Waals surface area contributed by atoms with E-state index in [2.05, 4.69) is 10.3 Å². The fourth-order valence-electron chi connectivity index (χ4n) is 2.39. The van der Waals surface area contributed by atoms with Crippen molar-refractivity contribution in [3.63, 3.8) is 0 Å². The van der Waals surface area contributed by atoms with Crippen molar-refractivity contribution in [3.8, 4) is 5.88 Å². The van der Waals surface area contributed by atoms with Gasteiger partial charge < -0.3 is 15.0 Å². The van der Waals surface area contributed by atoms with Crippen LogP contribution in [-0.2, 0) is 16.1 Å². The third kappa shape index (κ3) is 6.98. The maximum Gasteiger partial charge on any atom is 0.223 e. The van der Waals surface area contributed by atoms with Crippen LogP contribution in [0.4, 0.5) is 0 Å². The van der Waals surface area contributed by atoms with Gasteiger partial charge in [-0.15, -0.1) is 0 Å². The molecule has 0 atom stereocenters. The molecule has 0 radical (unpaired) electrons. The highest BCUT2D eigenvalue weighted by Gasteiger charge is 2.14. The first-order chi connectivity index (χ1) is 11.6. The maximum absolute atomic E-state index is 12.2. The number of ether oxygens (including phenoxy) is 1. The summed E-state index contributed by atoms with van der Waals surface area (Å²) in [5.41, 5.74) is 0.831. The summed E-state index contributed by atoms with van der Waals surface area (Å²) in [7, 11) is 0. The number of carbonyl (C=O) groups excluding carboxylic acids is 2. The Kier molecular flexibility index (Phi) is 9.49. The molecule has 0 aromatic carbocycles. The Morgan fingerprint density at radius 2 is 1.88 bits per heavy atom. The van der Waals surface area contributed by atoms with Crippen molar-refractivity contribution in [2.24, 2.45) is 0 Å². The van der Waals surface area contributed by atoms with Crippen molar-refractivity contribution in [2.75, 3.05) is 19.7 Å². The molecular weight excluding hydrogens is 306 g/mol. The summed E-state index contributed by atoms with van der Waals surface area (Å²) in [4.78, 5) is 30.1. The van der Waals surface area contributed by atoms with Gasteiger partial charge in [-0.25, -0.2) is 4.98 Å². The molecule has 0 saturated heterocycles. The molecule has 1 N–H and O–H groups in total. The van der Waals surface area contributed by atoms with E-state index >= 15 is 0 Å². The van der Waals surface area contributed by atoms with Crippen molar-refractivity contribution in [1.29, 1.82) is 0 Å². The van der Waals surface area contributed by atoms with Crippen LogP contribution in [0, 0.1) is 0 Å². The first-order valence-corrected chi connectivity index (χ1v) is 8.73. The van der Waals surface area contributed by atoms with Gasteiger partial charge in [0.1, 0.15) is 0 Å². The summed E-state index contributed by atoms with van der Waals surface area (Å²) in [6.45, 7) is 8.37. The second-order valence-electron chi connectivity index (χ2n) is 5.56. The second-order valence-corrected chi connectivity index (χ2v) is 5.56. The van der Waals surface area contributed by atoms with Crippen molar-refractivity contribution in [1.82, 2.24) is 15.2 Å². The number of carbonyl (C=O) groups is 2. The normalized spacial score (nSPS) is 10.3. The number of aromatic nitrogens is 1. The maximum atomic E-state index is 12.2. The van der Waals surface area contributed by atoms with E-state index in [1.165, 1.54) is 0 Å². The van der Waals surface area contributed by atoms with Gasteiger partial charge >= 0.3 is 0 Å². The van der Waals surface area contributed by atoms with Crippen molar-refractivity contribution < 1.29 is 14.3 Å². The van der Waals surface area contributed by atoms with Crippen molar-refractivity contribution in [3.05, 3.63) is 23.9 Å². The van der Waals surface area contributed by atoms with Gasteiger partial charge in [0.25, 0.3) is 0 Å². The monoisotopic (exact) mass is 335 g/mol. The first-order valence-electron chi connectivity index (χ1n) is 8.73. The number of nitrogens with one attached hydrogen (secondary N) is 1. The molecule has 0 saturated carbocycles. The minimum absolute atomic E-state index is 0.0465. The van der Waals surface area contributed by atoms with E-state index in [1.807, 2.05) is 31.7 Å². The molecule has 6 heteroatoms. The average molecular weight is 335 g/mol. The van der Waals surface area contributed by atoms with E-state index in [9.17, 15) is 9.59 Å².